The lowest BCUT2D eigenvalue weighted by atomic mass is 10.0. The van der Waals surface area contributed by atoms with Gasteiger partial charge in [0.1, 0.15) is 12.4 Å². The van der Waals surface area contributed by atoms with Crippen molar-refractivity contribution in [1.82, 2.24) is 4.90 Å². The van der Waals surface area contributed by atoms with Crippen molar-refractivity contribution in [2.45, 2.75) is 6.42 Å². The average molecular weight is 383 g/mol. The summed E-state index contributed by atoms with van der Waals surface area (Å²) in [6, 6.07) is 12.2. The third-order valence-corrected chi connectivity index (χ3v) is 4.44. The zero-order valence-electron chi connectivity index (χ0n) is 15.4. The first-order valence-corrected chi connectivity index (χ1v) is 8.83. The Hall–Kier alpha value is -3.32. The maximum Gasteiger partial charge on any atom is 0.336 e. The molecule has 3 rings (SSSR count). The molecule has 1 aliphatic rings. The fourth-order valence-electron chi connectivity index (χ4n) is 2.93. The number of carbonyl (C=O) groups is 2. The molecule has 0 aliphatic carbocycles. The van der Waals surface area contributed by atoms with Gasteiger partial charge in [0.15, 0.2) is 11.5 Å². The first-order chi connectivity index (χ1) is 13.4. The highest BCUT2D eigenvalue weighted by Crippen LogP contribution is 2.36. The highest BCUT2D eigenvalue weighted by Gasteiger charge is 2.18. The Kier molecular flexibility index (Phi) is 5.96. The summed E-state index contributed by atoms with van der Waals surface area (Å²) in [4.78, 5) is 24.7. The fraction of sp³-hybridized carbons (Fsp3) is 0.238. The van der Waals surface area contributed by atoms with Gasteiger partial charge in [0, 0.05) is 19.2 Å². The van der Waals surface area contributed by atoms with Crippen LogP contribution in [-0.4, -0.2) is 53.8 Å². The van der Waals surface area contributed by atoms with Crippen molar-refractivity contribution in [3.8, 4) is 17.2 Å². The van der Waals surface area contributed by atoms with Crippen LogP contribution in [0.5, 0.6) is 17.2 Å². The number of para-hydroxylation sites is 1. The van der Waals surface area contributed by atoms with E-state index >= 15 is 0 Å². The van der Waals surface area contributed by atoms with Gasteiger partial charge >= 0.3 is 11.9 Å². The number of hydrogen-bond donors (Lipinski definition) is 2. The van der Waals surface area contributed by atoms with Gasteiger partial charge in [-0.05, 0) is 42.8 Å². The molecular weight excluding hydrogens is 362 g/mol. The van der Waals surface area contributed by atoms with Crippen LogP contribution in [0.4, 0.5) is 0 Å². The number of likely N-dealkylation sites (N-methyl/N-ethyl adjacent to an activating group) is 1. The highest BCUT2D eigenvalue weighted by molar-refractivity contribution is 6.19. The van der Waals surface area contributed by atoms with Crippen molar-refractivity contribution >= 4 is 17.5 Å². The van der Waals surface area contributed by atoms with Gasteiger partial charge in [-0.15, -0.1) is 0 Å². The number of ether oxygens (including phenoxy) is 2. The standard InChI is InChI=1S/C21H21NO6/c1-22-9-8-14-4-2-3-5-17(14)28-19-12-15(6-7-18(19)27-11-10-22)16(21(25)26)13-20(23)24/h2-7,12-13H,8-11H2,1H3,(H,23,24)(H,25,26). The van der Waals surface area contributed by atoms with Crippen LogP contribution in [0.3, 0.4) is 0 Å². The second-order valence-corrected chi connectivity index (χ2v) is 6.47. The minimum absolute atomic E-state index is 0.224. The molecule has 0 amide bonds. The molecule has 0 unspecified atom stereocenters. The zero-order valence-corrected chi connectivity index (χ0v) is 15.4. The molecule has 0 aromatic heterocycles. The van der Waals surface area contributed by atoms with Crippen molar-refractivity contribution in [1.29, 1.82) is 0 Å². The van der Waals surface area contributed by atoms with Gasteiger partial charge in [-0.1, -0.05) is 24.3 Å². The lowest BCUT2D eigenvalue weighted by Crippen LogP contribution is -2.26. The van der Waals surface area contributed by atoms with Gasteiger partial charge in [0.05, 0.1) is 5.57 Å². The van der Waals surface area contributed by atoms with Gasteiger partial charge in [0.2, 0.25) is 0 Å². The number of benzene rings is 2. The third-order valence-electron chi connectivity index (χ3n) is 4.44. The van der Waals surface area contributed by atoms with Gasteiger partial charge in [-0.2, -0.15) is 0 Å². The van der Waals surface area contributed by atoms with E-state index in [-0.39, 0.29) is 11.1 Å². The summed E-state index contributed by atoms with van der Waals surface area (Å²) in [7, 11) is 2.02. The van der Waals surface area contributed by atoms with E-state index in [1.54, 1.807) is 6.07 Å². The summed E-state index contributed by atoms with van der Waals surface area (Å²) in [5, 5.41) is 18.3. The van der Waals surface area contributed by atoms with Crippen molar-refractivity contribution in [2.75, 3.05) is 26.7 Å². The van der Waals surface area contributed by atoms with E-state index in [0.717, 1.165) is 25.1 Å². The molecule has 28 heavy (non-hydrogen) atoms. The smallest absolute Gasteiger partial charge is 0.336 e. The number of carboxylic acids is 2. The predicted molar refractivity (Wildman–Crippen MR) is 103 cm³/mol. The number of hydrogen-bond acceptors (Lipinski definition) is 5. The number of aliphatic carboxylic acids is 2. The number of fused-ring (bicyclic) bond motifs is 2. The van der Waals surface area contributed by atoms with Crippen molar-refractivity contribution in [3.63, 3.8) is 0 Å². The number of nitrogens with zero attached hydrogens (tertiary/aromatic N) is 1. The maximum absolute atomic E-state index is 11.5. The van der Waals surface area contributed by atoms with E-state index in [9.17, 15) is 14.7 Å². The quantitative estimate of drug-likeness (QED) is 0.787. The van der Waals surface area contributed by atoms with Crippen LogP contribution < -0.4 is 9.47 Å². The lowest BCUT2D eigenvalue weighted by Gasteiger charge is -2.16. The van der Waals surface area contributed by atoms with E-state index in [2.05, 4.69) is 4.90 Å². The SMILES string of the molecule is CN1CCOc2ccc(C(=CC(=O)O)C(=O)O)cc2Oc2ccccc2CC1. The second kappa shape index (κ2) is 8.58. The highest BCUT2D eigenvalue weighted by atomic mass is 16.5. The molecule has 0 fully saturated rings. The summed E-state index contributed by atoms with van der Waals surface area (Å²) >= 11 is 0. The van der Waals surface area contributed by atoms with Crippen LogP contribution >= 0.6 is 0 Å². The summed E-state index contributed by atoms with van der Waals surface area (Å²) < 4.78 is 11.9. The summed E-state index contributed by atoms with van der Waals surface area (Å²) in [6.07, 6.45) is 1.46. The molecular formula is C21H21NO6. The molecule has 0 bridgehead atoms. The minimum Gasteiger partial charge on any atom is -0.488 e. The molecule has 1 heterocycles. The molecule has 2 aromatic carbocycles. The van der Waals surface area contributed by atoms with Gasteiger partial charge in [-0.25, -0.2) is 9.59 Å². The lowest BCUT2D eigenvalue weighted by molar-refractivity contribution is -0.133. The van der Waals surface area contributed by atoms with E-state index in [1.807, 2.05) is 31.3 Å². The number of rotatable bonds is 3. The normalized spacial score (nSPS) is 15.2. The van der Waals surface area contributed by atoms with Crippen LogP contribution in [0.2, 0.25) is 0 Å². The van der Waals surface area contributed by atoms with E-state index < -0.39 is 11.9 Å². The van der Waals surface area contributed by atoms with Crippen LogP contribution in [0.25, 0.3) is 5.57 Å². The Morgan fingerprint density at radius 3 is 2.57 bits per heavy atom. The van der Waals surface area contributed by atoms with Crippen LogP contribution in [-0.2, 0) is 16.0 Å². The third kappa shape index (κ3) is 4.69. The Balaban J connectivity index is 2.06. The van der Waals surface area contributed by atoms with Crippen LogP contribution in [0.15, 0.2) is 48.5 Å². The first-order valence-electron chi connectivity index (χ1n) is 8.83. The monoisotopic (exact) mass is 383 g/mol. The van der Waals surface area contributed by atoms with Crippen LogP contribution in [0.1, 0.15) is 11.1 Å². The van der Waals surface area contributed by atoms with Gasteiger partial charge in [-0.3, -0.25) is 0 Å². The Bertz CT molecular complexity index is 921. The van der Waals surface area contributed by atoms with Crippen molar-refractivity contribution in [3.05, 3.63) is 59.7 Å². The molecule has 2 aromatic rings. The fourth-order valence-corrected chi connectivity index (χ4v) is 2.93. The summed E-state index contributed by atoms with van der Waals surface area (Å²) in [5.74, 6) is -1.21. The van der Waals surface area contributed by atoms with Crippen molar-refractivity contribution < 1.29 is 29.3 Å². The van der Waals surface area contributed by atoms with Crippen LogP contribution in [0, 0.1) is 0 Å². The second-order valence-electron chi connectivity index (χ2n) is 6.47. The molecule has 0 radical (unpaired) electrons. The molecule has 2 N–H and O–H groups in total. The topological polar surface area (TPSA) is 96.3 Å². The van der Waals surface area contributed by atoms with Gasteiger partial charge < -0.3 is 24.6 Å². The molecule has 0 spiro atoms. The van der Waals surface area contributed by atoms with E-state index in [0.29, 0.717) is 29.9 Å². The Morgan fingerprint density at radius 1 is 1.04 bits per heavy atom. The molecule has 146 valence electrons. The Labute approximate surface area is 162 Å². The molecule has 0 saturated heterocycles. The zero-order chi connectivity index (χ0) is 20.1. The van der Waals surface area contributed by atoms with E-state index in [4.69, 9.17) is 14.6 Å². The van der Waals surface area contributed by atoms with E-state index in [1.165, 1.54) is 12.1 Å². The maximum atomic E-state index is 11.5. The average Bonchev–Trinajstić information content (AvgIpc) is 2.68. The van der Waals surface area contributed by atoms with Gasteiger partial charge in [0.25, 0.3) is 0 Å². The predicted octanol–water partition coefficient (Wildman–Crippen LogP) is 2.90. The molecule has 0 saturated carbocycles. The summed E-state index contributed by atoms with van der Waals surface area (Å²) in [5.41, 5.74) is 0.912. The number of carboxylic acid groups (broad SMARTS) is 2. The summed E-state index contributed by atoms with van der Waals surface area (Å²) in [6.45, 7) is 2.01. The first kappa shape index (κ1) is 19.4. The molecule has 1 aliphatic heterocycles. The molecule has 7 heteroatoms. The Morgan fingerprint density at radius 2 is 1.82 bits per heavy atom. The molecule has 0 atom stereocenters. The largest absolute Gasteiger partial charge is 0.488 e. The minimum atomic E-state index is -1.33. The molecule has 7 nitrogen and oxygen atoms in total. The van der Waals surface area contributed by atoms with Crippen molar-refractivity contribution in [2.24, 2.45) is 0 Å².